The van der Waals surface area contributed by atoms with Crippen LogP contribution in [0.2, 0.25) is 36.3 Å². The Balaban J connectivity index is 4.02. The van der Waals surface area contributed by atoms with Crippen molar-refractivity contribution in [3.8, 4) is 0 Å². The van der Waals surface area contributed by atoms with E-state index in [-0.39, 0.29) is 0 Å². The summed E-state index contributed by atoms with van der Waals surface area (Å²) in [6, 6.07) is 8.83. The first-order valence-corrected chi connectivity index (χ1v) is 19.7. The van der Waals surface area contributed by atoms with E-state index in [4.69, 9.17) is 4.99 Å². The third-order valence-electron chi connectivity index (χ3n) is 7.14. The van der Waals surface area contributed by atoms with Gasteiger partial charge in [0.25, 0.3) is 0 Å². The Morgan fingerprint density at radius 2 is 0.969 bits per heavy atom. The van der Waals surface area contributed by atoms with Gasteiger partial charge in [-0.25, -0.2) is 0 Å². The molecule has 1 nitrogen and oxygen atoms in total. The first-order chi connectivity index (χ1) is 15.6. The predicted molar refractivity (Wildman–Crippen MR) is 157 cm³/mol. The van der Waals surface area contributed by atoms with Gasteiger partial charge < -0.3 is 0 Å². The summed E-state index contributed by atoms with van der Waals surface area (Å²) in [7, 11) is -2.31. The van der Waals surface area contributed by atoms with Crippen LogP contribution in [0, 0.1) is 0 Å². The monoisotopic (exact) mass is 477 g/mol. The van der Waals surface area contributed by atoms with Crippen LogP contribution in [0.15, 0.2) is 28.5 Å². The van der Waals surface area contributed by atoms with Gasteiger partial charge in [-0.3, -0.25) is 4.99 Å². The average molecular weight is 478 g/mol. The van der Waals surface area contributed by atoms with Crippen molar-refractivity contribution >= 4 is 22.4 Å². The van der Waals surface area contributed by atoms with Crippen LogP contribution in [-0.2, 0) is 0 Å². The molecule has 0 aliphatic rings. The van der Waals surface area contributed by atoms with E-state index < -0.39 is 16.1 Å². The maximum atomic E-state index is 4.75. The highest BCUT2D eigenvalue weighted by molar-refractivity contribution is 6.85. The van der Waals surface area contributed by atoms with Crippen LogP contribution >= 0.6 is 0 Å². The van der Waals surface area contributed by atoms with Gasteiger partial charge in [0, 0.05) is 6.54 Å². The molecule has 0 aromatic carbocycles. The molecule has 188 valence electrons. The van der Waals surface area contributed by atoms with Gasteiger partial charge in [-0.2, -0.15) is 0 Å². The Kier molecular flexibility index (Phi) is 20.9. The molecule has 32 heavy (non-hydrogen) atoms. The fourth-order valence-corrected chi connectivity index (χ4v) is 15.4. The van der Waals surface area contributed by atoms with Crippen LogP contribution in [0.25, 0.3) is 0 Å². The van der Waals surface area contributed by atoms with Gasteiger partial charge in [0.05, 0.1) is 16.1 Å². The Morgan fingerprint density at radius 1 is 0.531 bits per heavy atom. The second-order valence-electron chi connectivity index (χ2n) is 10.2. The molecule has 0 bridgehead atoms. The Hall–Kier alpha value is -0.416. The van der Waals surface area contributed by atoms with Crippen LogP contribution in [0.1, 0.15) is 112 Å². The van der Waals surface area contributed by atoms with Crippen molar-refractivity contribution in [3.05, 3.63) is 23.6 Å². The third kappa shape index (κ3) is 14.7. The van der Waals surface area contributed by atoms with E-state index in [1.165, 1.54) is 107 Å². The smallest absolute Gasteiger partial charge is 0.0777 e. The van der Waals surface area contributed by atoms with Crippen molar-refractivity contribution in [1.82, 2.24) is 0 Å². The maximum Gasteiger partial charge on any atom is 0.0777 e. The minimum atomic E-state index is -1.19. The zero-order valence-corrected chi connectivity index (χ0v) is 25.1. The Labute approximate surface area is 205 Å². The van der Waals surface area contributed by atoms with Crippen molar-refractivity contribution in [1.29, 1.82) is 0 Å². The van der Waals surface area contributed by atoms with E-state index >= 15 is 0 Å². The third-order valence-corrected chi connectivity index (χ3v) is 17.8. The number of hydrogen-bond acceptors (Lipinski definition) is 1. The number of allylic oxidation sites excluding steroid dienone is 2. The van der Waals surface area contributed by atoms with Crippen molar-refractivity contribution in [2.75, 3.05) is 6.54 Å². The topological polar surface area (TPSA) is 12.4 Å². The molecule has 0 unspecified atom stereocenters. The summed E-state index contributed by atoms with van der Waals surface area (Å²) in [5.74, 6) is 0. The van der Waals surface area contributed by atoms with Gasteiger partial charge in [-0.05, 0) is 38.9 Å². The first-order valence-electron chi connectivity index (χ1n) is 14.3. The molecule has 0 atom stereocenters. The van der Waals surface area contributed by atoms with E-state index in [0.29, 0.717) is 0 Å². The highest BCUT2D eigenvalue weighted by Crippen LogP contribution is 2.29. The van der Waals surface area contributed by atoms with Crippen molar-refractivity contribution < 1.29 is 0 Å². The minimum Gasteiger partial charge on any atom is -0.298 e. The molecule has 0 radical (unpaired) electrons. The van der Waals surface area contributed by atoms with Crippen molar-refractivity contribution in [2.24, 2.45) is 4.99 Å². The molecule has 0 saturated carbocycles. The number of unbranched alkanes of at least 4 members (excludes halogenated alkanes) is 5. The maximum absolute atomic E-state index is 4.75. The summed E-state index contributed by atoms with van der Waals surface area (Å²) >= 11 is 0. The second-order valence-corrected chi connectivity index (χ2v) is 19.3. The van der Waals surface area contributed by atoms with Crippen LogP contribution < -0.4 is 0 Å². The lowest BCUT2D eigenvalue weighted by Gasteiger charge is -2.28. The summed E-state index contributed by atoms with van der Waals surface area (Å²) in [6.45, 7) is 14.9. The number of hydrogen-bond donors (Lipinski definition) is 0. The summed E-state index contributed by atoms with van der Waals surface area (Å²) < 4.78 is 0. The molecule has 0 aromatic rings. The van der Waals surface area contributed by atoms with Crippen molar-refractivity contribution in [3.63, 3.8) is 0 Å². The average Bonchev–Trinajstić information content (AvgIpc) is 2.76. The fourth-order valence-electron chi connectivity index (χ4n) is 5.87. The standard InChI is InChI=1S/C29H59NSi2/c1-7-22-31(23-8-2,24-9-3)28-18-16-14-13-15-17-20-30-21-19-29-32(25-10-4,26-11-5)27-12-6/h7,10,21-22,25H,8-9,11-20,23-24,26-29H2,1-6H3/b22-7+,25-10+,30-21?. The molecule has 0 saturated heterocycles. The lowest BCUT2D eigenvalue weighted by molar-refractivity contribution is 0.610. The fraction of sp³-hybridized carbons (Fsp3) is 0.828. The summed E-state index contributed by atoms with van der Waals surface area (Å²) in [6.07, 6.45) is 21.9. The van der Waals surface area contributed by atoms with E-state index in [9.17, 15) is 0 Å². The van der Waals surface area contributed by atoms with Gasteiger partial charge in [-0.1, -0.05) is 139 Å². The number of aliphatic imine (C=N–C) groups is 1. The molecule has 0 N–H and O–H groups in total. The van der Waals surface area contributed by atoms with Crippen molar-refractivity contribution in [2.45, 2.75) is 148 Å². The zero-order valence-electron chi connectivity index (χ0n) is 23.1. The van der Waals surface area contributed by atoms with Gasteiger partial charge in [-0.15, -0.1) is 0 Å². The molecule has 0 spiro atoms. The molecule has 0 aliphatic heterocycles. The van der Waals surface area contributed by atoms with Crippen LogP contribution in [-0.4, -0.2) is 28.9 Å². The molecular formula is C29H59NSi2. The SMILES string of the molecule is C/C=C/[Si](CCC)(CCC)CCC=NCCCCCCCC[Si](/C=C/C)(CCC)CCC. The Bertz CT molecular complexity index is 483. The molecule has 0 rings (SSSR count). The molecule has 0 aliphatic carbocycles. The quantitative estimate of drug-likeness (QED) is 0.0834. The molecule has 0 heterocycles. The van der Waals surface area contributed by atoms with Crippen LogP contribution in [0.3, 0.4) is 0 Å². The number of rotatable bonds is 22. The normalized spacial score (nSPS) is 13.3. The van der Waals surface area contributed by atoms with E-state index in [0.717, 1.165) is 6.54 Å². The highest BCUT2D eigenvalue weighted by atomic mass is 28.3. The lowest BCUT2D eigenvalue weighted by Crippen LogP contribution is -2.31. The minimum absolute atomic E-state index is 1.05. The summed E-state index contributed by atoms with van der Waals surface area (Å²) in [4.78, 5) is 4.75. The molecule has 0 amide bonds. The van der Waals surface area contributed by atoms with Gasteiger partial charge in [0.15, 0.2) is 0 Å². The van der Waals surface area contributed by atoms with E-state index in [1.54, 1.807) is 0 Å². The molecule has 0 fully saturated rings. The van der Waals surface area contributed by atoms with Crippen LogP contribution in [0.4, 0.5) is 0 Å². The second kappa shape index (κ2) is 21.1. The highest BCUT2D eigenvalue weighted by Gasteiger charge is 2.27. The molecule has 0 aromatic heterocycles. The first kappa shape index (κ1) is 31.6. The van der Waals surface area contributed by atoms with E-state index in [1.807, 2.05) is 0 Å². The summed E-state index contributed by atoms with van der Waals surface area (Å²) in [5, 5.41) is 0. The van der Waals surface area contributed by atoms with Crippen LogP contribution in [0.5, 0.6) is 0 Å². The Morgan fingerprint density at radius 3 is 1.44 bits per heavy atom. The van der Waals surface area contributed by atoms with Gasteiger partial charge in [0.2, 0.25) is 0 Å². The van der Waals surface area contributed by atoms with E-state index in [2.05, 4.69) is 71.3 Å². The largest absolute Gasteiger partial charge is 0.298 e. The van der Waals surface area contributed by atoms with Gasteiger partial charge >= 0.3 is 0 Å². The molecule has 3 heteroatoms. The number of nitrogens with zero attached hydrogens (tertiary/aromatic N) is 1. The predicted octanol–water partition coefficient (Wildman–Crippen LogP) is 10.6. The lowest BCUT2D eigenvalue weighted by atomic mass is 10.1. The summed E-state index contributed by atoms with van der Waals surface area (Å²) in [5.41, 5.74) is 5.27. The van der Waals surface area contributed by atoms with Gasteiger partial charge in [0.1, 0.15) is 0 Å². The molecular weight excluding hydrogens is 418 g/mol. The zero-order chi connectivity index (χ0) is 24.0.